The Bertz CT molecular complexity index is 647. The molecule has 4 heteroatoms. The Balaban J connectivity index is 1.98. The Morgan fingerprint density at radius 1 is 1.15 bits per heavy atom. The van der Waals surface area contributed by atoms with Crippen molar-refractivity contribution in [2.24, 2.45) is 0 Å². The zero-order chi connectivity index (χ0) is 14.4. The second-order valence-corrected chi connectivity index (χ2v) is 4.21. The summed E-state index contributed by atoms with van der Waals surface area (Å²) >= 11 is 0. The molecule has 2 aromatic carbocycles. The lowest BCUT2D eigenvalue weighted by Crippen LogP contribution is -2.14. The van der Waals surface area contributed by atoms with Gasteiger partial charge in [0.25, 0.3) is 0 Å². The van der Waals surface area contributed by atoms with Gasteiger partial charge in [0.15, 0.2) is 5.78 Å². The minimum absolute atomic E-state index is 0.0916. The second kappa shape index (κ2) is 6.48. The molecule has 0 amide bonds. The SMILES string of the molecule is N#Cc1c(F)cccc1OCC(=O)Cc1ccccc1. The first-order chi connectivity index (χ1) is 9.70. The molecule has 0 bridgehead atoms. The molecular weight excluding hydrogens is 257 g/mol. The minimum Gasteiger partial charge on any atom is -0.484 e. The van der Waals surface area contributed by atoms with Gasteiger partial charge in [0.05, 0.1) is 0 Å². The smallest absolute Gasteiger partial charge is 0.174 e. The molecule has 0 saturated heterocycles. The van der Waals surface area contributed by atoms with Crippen molar-refractivity contribution in [2.45, 2.75) is 6.42 Å². The number of Topliss-reactive ketones (excluding diaryl/α,β-unsaturated/α-hetero) is 1. The van der Waals surface area contributed by atoms with Gasteiger partial charge in [-0.15, -0.1) is 0 Å². The van der Waals surface area contributed by atoms with Crippen molar-refractivity contribution < 1.29 is 13.9 Å². The number of carbonyl (C=O) groups excluding carboxylic acids is 1. The molecule has 0 atom stereocenters. The maximum atomic E-state index is 13.3. The monoisotopic (exact) mass is 269 g/mol. The number of ether oxygens (including phenoxy) is 1. The molecule has 3 nitrogen and oxygen atoms in total. The van der Waals surface area contributed by atoms with Gasteiger partial charge in [0.1, 0.15) is 29.8 Å². The van der Waals surface area contributed by atoms with Crippen LogP contribution < -0.4 is 4.74 Å². The Morgan fingerprint density at radius 2 is 1.90 bits per heavy atom. The number of ketones is 1. The van der Waals surface area contributed by atoms with Crippen LogP contribution in [0.15, 0.2) is 48.5 Å². The lowest BCUT2D eigenvalue weighted by Gasteiger charge is -2.07. The number of benzene rings is 2. The Morgan fingerprint density at radius 3 is 2.60 bits per heavy atom. The first-order valence-electron chi connectivity index (χ1n) is 6.07. The van der Waals surface area contributed by atoms with Gasteiger partial charge >= 0.3 is 0 Å². The van der Waals surface area contributed by atoms with E-state index in [-0.39, 0.29) is 30.1 Å². The van der Waals surface area contributed by atoms with E-state index in [1.54, 1.807) is 6.07 Å². The van der Waals surface area contributed by atoms with E-state index in [2.05, 4.69) is 0 Å². The van der Waals surface area contributed by atoms with E-state index in [9.17, 15) is 9.18 Å². The predicted octanol–water partition coefficient (Wildman–Crippen LogP) is 2.89. The fourth-order valence-electron chi connectivity index (χ4n) is 1.77. The summed E-state index contributed by atoms with van der Waals surface area (Å²) in [5.74, 6) is -0.696. The topological polar surface area (TPSA) is 50.1 Å². The fraction of sp³-hybridized carbons (Fsp3) is 0.125. The van der Waals surface area contributed by atoms with Crippen molar-refractivity contribution in [3.05, 3.63) is 65.5 Å². The van der Waals surface area contributed by atoms with Gasteiger partial charge in [-0.1, -0.05) is 36.4 Å². The third-order valence-electron chi connectivity index (χ3n) is 2.72. The average molecular weight is 269 g/mol. The summed E-state index contributed by atoms with van der Waals surface area (Å²) in [5.41, 5.74) is 0.709. The zero-order valence-corrected chi connectivity index (χ0v) is 10.7. The van der Waals surface area contributed by atoms with E-state index < -0.39 is 5.82 Å². The van der Waals surface area contributed by atoms with Crippen LogP contribution in [0.5, 0.6) is 5.75 Å². The highest BCUT2D eigenvalue weighted by Crippen LogP contribution is 2.20. The number of nitriles is 1. The predicted molar refractivity (Wildman–Crippen MR) is 71.8 cm³/mol. The maximum Gasteiger partial charge on any atom is 0.174 e. The van der Waals surface area contributed by atoms with Gasteiger partial charge in [-0.25, -0.2) is 4.39 Å². The number of nitrogens with zero attached hydrogens (tertiary/aromatic N) is 1. The lowest BCUT2D eigenvalue weighted by molar-refractivity contribution is -0.120. The van der Waals surface area contributed by atoms with Crippen LogP contribution >= 0.6 is 0 Å². The molecule has 20 heavy (non-hydrogen) atoms. The molecule has 0 aromatic heterocycles. The summed E-state index contributed by atoms with van der Waals surface area (Å²) in [6, 6.07) is 15.1. The maximum absolute atomic E-state index is 13.3. The van der Waals surface area contributed by atoms with Crippen LogP contribution in [-0.2, 0) is 11.2 Å². The van der Waals surface area contributed by atoms with E-state index in [0.29, 0.717) is 0 Å². The van der Waals surface area contributed by atoms with E-state index in [1.165, 1.54) is 18.2 Å². The van der Waals surface area contributed by atoms with Gasteiger partial charge in [-0.05, 0) is 17.7 Å². The van der Waals surface area contributed by atoms with Gasteiger partial charge in [-0.2, -0.15) is 5.26 Å². The number of rotatable bonds is 5. The average Bonchev–Trinajstić information content (AvgIpc) is 2.46. The first kappa shape index (κ1) is 13.8. The van der Waals surface area contributed by atoms with E-state index >= 15 is 0 Å². The van der Waals surface area contributed by atoms with Gasteiger partial charge in [0.2, 0.25) is 0 Å². The third kappa shape index (κ3) is 3.42. The van der Waals surface area contributed by atoms with E-state index in [1.807, 2.05) is 30.3 Å². The summed E-state index contributed by atoms with van der Waals surface area (Å²) in [7, 11) is 0. The molecule has 0 radical (unpaired) electrons. The van der Waals surface area contributed by atoms with Crippen LogP contribution in [0.3, 0.4) is 0 Å². The summed E-state index contributed by atoms with van der Waals surface area (Å²) in [4.78, 5) is 11.8. The summed E-state index contributed by atoms with van der Waals surface area (Å²) in [5, 5.41) is 8.84. The minimum atomic E-state index is -0.652. The van der Waals surface area contributed by atoms with Crippen molar-refractivity contribution >= 4 is 5.78 Å². The van der Waals surface area contributed by atoms with Crippen molar-refractivity contribution in [3.63, 3.8) is 0 Å². The lowest BCUT2D eigenvalue weighted by atomic mass is 10.1. The normalized spacial score (nSPS) is 9.80. The fourth-order valence-corrected chi connectivity index (χ4v) is 1.77. The molecule has 0 heterocycles. The Kier molecular flexibility index (Phi) is 4.46. The van der Waals surface area contributed by atoms with Gasteiger partial charge in [0, 0.05) is 6.42 Å². The molecular formula is C16H12FNO2. The molecule has 100 valence electrons. The summed E-state index contributed by atoms with van der Waals surface area (Å²) in [6.45, 7) is -0.187. The van der Waals surface area contributed by atoms with E-state index in [4.69, 9.17) is 10.00 Å². The first-order valence-corrected chi connectivity index (χ1v) is 6.07. The molecule has 0 saturated carbocycles. The second-order valence-electron chi connectivity index (χ2n) is 4.21. The molecule has 2 rings (SSSR count). The molecule has 0 spiro atoms. The largest absolute Gasteiger partial charge is 0.484 e. The quantitative estimate of drug-likeness (QED) is 0.838. The number of hydrogen-bond donors (Lipinski definition) is 0. The molecule has 0 aliphatic rings. The summed E-state index contributed by atoms with van der Waals surface area (Å²) in [6.07, 6.45) is 0.248. The van der Waals surface area contributed by atoms with Gasteiger partial charge < -0.3 is 4.74 Å². The molecule has 0 aliphatic carbocycles. The van der Waals surface area contributed by atoms with Gasteiger partial charge in [-0.3, -0.25) is 4.79 Å². The zero-order valence-electron chi connectivity index (χ0n) is 10.7. The van der Waals surface area contributed by atoms with Crippen LogP contribution in [0, 0.1) is 17.1 Å². The Hall–Kier alpha value is -2.67. The number of hydrogen-bond acceptors (Lipinski definition) is 3. The number of halogens is 1. The van der Waals surface area contributed by atoms with Crippen LogP contribution in [0.25, 0.3) is 0 Å². The summed E-state index contributed by atoms with van der Waals surface area (Å²) < 4.78 is 18.6. The van der Waals surface area contributed by atoms with Crippen molar-refractivity contribution in [1.82, 2.24) is 0 Å². The molecule has 0 unspecified atom stereocenters. The van der Waals surface area contributed by atoms with Crippen LogP contribution in [0.4, 0.5) is 4.39 Å². The van der Waals surface area contributed by atoms with Crippen LogP contribution in [0.2, 0.25) is 0 Å². The van der Waals surface area contributed by atoms with Crippen molar-refractivity contribution in [3.8, 4) is 11.8 Å². The van der Waals surface area contributed by atoms with E-state index in [0.717, 1.165) is 5.56 Å². The Labute approximate surface area is 116 Å². The van der Waals surface area contributed by atoms with Crippen LogP contribution in [-0.4, -0.2) is 12.4 Å². The van der Waals surface area contributed by atoms with Crippen LogP contribution in [0.1, 0.15) is 11.1 Å². The molecule has 0 fully saturated rings. The third-order valence-corrected chi connectivity index (χ3v) is 2.72. The molecule has 2 aromatic rings. The van der Waals surface area contributed by atoms with Crippen molar-refractivity contribution in [1.29, 1.82) is 5.26 Å². The van der Waals surface area contributed by atoms with Crippen molar-refractivity contribution in [2.75, 3.05) is 6.61 Å². The highest BCUT2D eigenvalue weighted by atomic mass is 19.1. The highest BCUT2D eigenvalue weighted by Gasteiger charge is 2.11. The number of carbonyl (C=O) groups is 1. The molecule has 0 aliphatic heterocycles. The molecule has 0 N–H and O–H groups in total. The highest BCUT2D eigenvalue weighted by molar-refractivity contribution is 5.82. The standard InChI is InChI=1S/C16H12FNO2/c17-15-7-4-8-16(14(15)10-18)20-11-13(19)9-12-5-2-1-3-6-12/h1-8H,9,11H2.